The average molecular weight is 354 g/mol. The van der Waals surface area contributed by atoms with Gasteiger partial charge in [-0.05, 0) is 0 Å². The van der Waals surface area contributed by atoms with E-state index in [0.29, 0.717) is 52.9 Å². The third-order valence-electron chi connectivity index (χ3n) is 2.40. The Morgan fingerprint density at radius 3 is 1.21 bits per heavy atom. The molecule has 0 aliphatic rings. The van der Waals surface area contributed by atoms with Crippen LogP contribution in [0.1, 0.15) is 6.42 Å². The van der Waals surface area contributed by atoms with E-state index in [0.717, 1.165) is 0 Å². The van der Waals surface area contributed by atoms with Crippen LogP contribution < -0.4 is 0 Å². The molecule has 0 saturated heterocycles. The van der Waals surface area contributed by atoms with Crippen LogP contribution in [0, 0.1) is 0 Å². The lowest BCUT2D eigenvalue weighted by molar-refractivity contribution is -0.138. The molecule has 0 radical (unpaired) electrons. The van der Waals surface area contributed by atoms with Gasteiger partial charge in [0.1, 0.15) is 6.61 Å². The number of aliphatic carboxylic acids is 1. The minimum Gasteiger partial charge on any atom is -0.481 e. The maximum absolute atomic E-state index is 10.2. The Morgan fingerprint density at radius 2 is 0.875 bits per heavy atom. The molecule has 0 saturated carbocycles. The fourth-order valence-electron chi connectivity index (χ4n) is 1.33. The monoisotopic (exact) mass is 354 g/mol. The van der Waals surface area contributed by atoms with Crippen LogP contribution in [0.3, 0.4) is 0 Å². The molecule has 142 valence electrons. The van der Waals surface area contributed by atoms with E-state index in [9.17, 15) is 9.59 Å². The quantitative estimate of drug-likeness (QED) is 0.261. The number of hydrogen-bond acceptors (Lipinski definition) is 8. The highest BCUT2D eigenvalue weighted by Crippen LogP contribution is 1.86. The normalized spacial score (nSPS) is 10.7. The molecule has 0 aliphatic heterocycles. The number of carboxylic acid groups (broad SMARTS) is 2. The Hall–Kier alpha value is -1.46. The molecule has 0 aromatic heterocycles. The average Bonchev–Trinajstić information content (AvgIpc) is 2.53. The molecular weight excluding hydrogens is 328 g/mol. The Morgan fingerprint density at radius 1 is 0.542 bits per heavy atom. The molecule has 0 atom stereocenters. The van der Waals surface area contributed by atoms with Gasteiger partial charge in [-0.1, -0.05) is 0 Å². The van der Waals surface area contributed by atoms with Crippen molar-refractivity contribution >= 4 is 12.1 Å². The Labute approximate surface area is 140 Å². The molecule has 10 heteroatoms. The van der Waals surface area contributed by atoms with Gasteiger partial charge in [-0.2, -0.15) is 0 Å². The lowest BCUT2D eigenvalue weighted by Gasteiger charge is -2.07. The topological polar surface area (TPSA) is 130 Å². The Bertz CT molecular complexity index is 280. The van der Waals surface area contributed by atoms with Crippen LogP contribution in [0.4, 0.5) is 4.79 Å². The maximum Gasteiger partial charge on any atom is 0.505 e. The third-order valence-corrected chi connectivity index (χ3v) is 2.40. The SMILES string of the molecule is O=C(O)CCOCCOCCOCCOCCOCCOC(=O)O. The summed E-state index contributed by atoms with van der Waals surface area (Å²) in [7, 11) is 0. The van der Waals surface area contributed by atoms with Crippen molar-refractivity contribution in [2.45, 2.75) is 6.42 Å². The second kappa shape index (κ2) is 17.9. The predicted octanol–water partition coefficient (Wildman–Crippen LogP) is 0.239. The maximum atomic E-state index is 10.2. The van der Waals surface area contributed by atoms with Crippen LogP contribution in [0.25, 0.3) is 0 Å². The molecule has 24 heavy (non-hydrogen) atoms. The molecule has 0 amide bonds. The summed E-state index contributed by atoms with van der Waals surface area (Å²) in [5, 5.41) is 16.6. The van der Waals surface area contributed by atoms with Gasteiger partial charge in [0.2, 0.25) is 0 Å². The van der Waals surface area contributed by atoms with Gasteiger partial charge in [0.25, 0.3) is 0 Å². The first-order valence-electron chi connectivity index (χ1n) is 7.59. The van der Waals surface area contributed by atoms with Gasteiger partial charge in [0.15, 0.2) is 0 Å². The van der Waals surface area contributed by atoms with Crippen molar-refractivity contribution in [3.63, 3.8) is 0 Å². The van der Waals surface area contributed by atoms with E-state index in [1.54, 1.807) is 0 Å². The van der Waals surface area contributed by atoms with Crippen molar-refractivity contribution in [1.29, 1.82) is 0 Å². The highest BCUT2D eigenvalue weighted by Gasteiger charge is 1.97. The van der Waals surface area contributed by atoms with Gasteiger partial charge in [-0.25, -0.2) is 4.79 Å². The van der Waals surface area contributed by atoms with Crippen molar-refractivity contribution in [3.05, 3.63) is 0 Å². The molecule has 0 unspecified atom stereocenters. The second-order valence-corrected chi connectivity index (χ2v) is 4.32. The van der Waals surface area contributed by atoms with Crippen LogP contribution in [-0.2, 0) is 33.2 Å². The number of carbonyl (C=O) groups is 2. The zero-order valence-corrected chi connectivity index (χ0v) is 13.6. The van der Waals surface area contributed by atoms with Crippen LogP contribution in [0.15, 0.2) is 0 Å². The fourth-order valence-corrected chi connectivity index (χ4v) is 1.33. The van der Waals surface area contributed by atoms with Crippen LogP contribution in [0.5, 0.6) is 0 Å². The van der Waals surface area contributed by atoms with Gasteiger partial charge >= 0.3 is 12.1 Å². The zero-order valence-electron chi connectivity index (χ0n) is 13.6. The molecule has 0 bridgehead atoms. The first kappa shape index (κ1) is 22.5. The first-order chi connectivity index (χ1) is 11.6. The van der Waals surface area contributed by atoms with E-state index in [1.807, 2.05) is 0 Å². The van der Waals surface area contributed by atoms with Gasteiger partial charge in [0, 0.05) is 0 Å². The predicted molar refractivity (Wildman–Crippen MR) is 80.3 cm³/mol. The van der Waals surface area contributed by atoms with E-state index < -0.39 is 12.1 Å². The molecule has 0 heterocycles. The lowest BCUT2D eigenvalue weighted by Crippen LogP contribution is -2.14. The summed E-state index contributed by atoms with van der Waals surface area (Å²) in [5.74, 6) is -0.884. The van der Waals surface area contributed by atoms with E-state index in [4.69, 9.17) is 33.9 Å². The van der Waals surface area contributed by atoms with Crippen molar-refractivity contribution in [3.8, 4) is 0 Å². The lowest BCUT2D eigenvalue weighted by atomic mass is 10.5. The third kappa shape index (κ3) is 20.5. The van der Waals surface area contributed by atoms with E-state index in [2.05, 4.69) is 4.74 Å². The Kier molecular flexibility index (Phi) is 16.8. The molecule has 0 rings (SSSR count). The van der Waals surface area contributed by atoms with E-state index in [-0.39, 0.29) is 26.2 Å². The Balaban J connectivity index is 3.00. The van der Waals surface area contributed by atoms with Crippen LogP contribution in [0.2, 0.25) is 0 Å². The largest absolute Gasteiger partial charge is 0.505 e. The molecule has 0 spiro atoms. The number of ether oxygens (including phenoxy) is 6. The summed E-state index contributed by atoms with van der Waals surface area (Å²) in [6.07, 6.45) is -1.33. The zero-order chi connectivity index (χ0) is 17.9. The fraction of sp³-hybridized carbons (Fsp3) is 0.857. The van der Waals surface area contributed by atoms with Gasteiger partial charge in [-0.15, -0.1) is 0 Å². The summed E-state index contributed by atoms with van der Waals surface area (Å²) in [5.41, 5.74) is 0. The highest BCUT2D eigenvalue weighted by molar-refractivity contribution is 5.66. The summed E-state index contributed by atoms with van der Waals surface area (Å²) in [4.78, 5) is 20.2. The number of hydrogen-bond donors (Lipinski definition) is 2. The van der Waals surface area contributed by atoms with Crippen molar-refractivity contribution in [2.24, 2.45) is 0 Å². The minimum atomic E-state index is -1.32. The van der Waals surface area contributed by atoms with Crippen molar-refractivity contribution in [2.75, 3.05) is 72.7 Å². The van der Waals surface area contributed by atoms with E-state index in [1.165, 1.54) is 0 Å². The summed E-state index contributed by atoms with van der Waals surface area (Å²) in [6.45, 7) is 3.59. The molecule has 0 aromatic rings. The van der Waals surface area contributed by atoms with Crippen molar-refractivity contribution < 1.29 is 48.2 Å². The molecule has 0 aliphatic carbocycles. The number of carboxylic acids is 1. The molecule has 0 fully saturated rings. The molecule has 10 nitrogen and oxygen atoms in total. The minimum absolute atomic E-state index is 0.00302. The molecule has 0 aromatic carbocycles. The van der Waals surface area contributed by atoms with Crippen molar-refractivity contribution in [1.82, 2.24) is 0 Å². The van der Waals surface area contributed by atoms with Crippen LogP contribution in [-0.4, -0.2) is 95.0 Å². The van der Waals surface area contributed by atoms with Crippen LogP contribution >= 0.6 is 0 Å². The summed E-state index contributed by atoms with van der Waals surface area (Å²) < 4.78 is 30.1. The molecular formula is C14H26O10. The van der Waals surface area contributed by atoms with Gasteiger partial charge in [0.05, 0.1) is 72.5 Å². The summed E-state index contributed by atoms with van der Waals surface area (Å²) in [6, 6.07) is 0. The van der Waals surface area contributed by atoms with Gasteiger partial charge in [-0.3, -0.25) is 4.79 Å². The smallest absolute Gasteiger partial charge is 0.481 e. The standard InChI is InChI=1S/C14H26O10/c15-13(16)1-2-19-3-4-20-5-6-21-7-8-22-9-10-23-11-12-24-14(17)18/h1-12H2,(H,15,16)(H,17,18). The highest BCUT2D eigenvalue weighted by atomic mass is 16.7. The second-order valence-electron chi connectivity index (χ2n) is 4.32. The first-order valence-corrected chi connectivity index (χ1v) is 7.59. The number of rotatable bonds is 18. The molecule has 2 N–H and O–H groups in total. The van der Waals surface area contributed by atoms with Gasteiger partial charge < -0.3 is 38.6 Å². The summed E-state index contributed by atoms with van der Waals surface area (Å²) >= 11 is 0. The van der Waals surface area contributed by atoms with E-state index >= 15 is 0 Å².